The average Bonchev–Trinajstić information content (AvgIpc) is 2.70. The summed E-state index contributed by atoms with van der Waals surface area (Å²) in [6.07, 6.45) is -1.56. The molecule has 33 heavy (non-hydrogen) atoms. The lowest BCUT2D eigenvalue weighted by Gasteiger charge is -2.27. The fraction of sp³-hybridized carbons (Fsp3) is 0.700. The molecular formula is C20H34N4O9. The summed E-state index contributed by atoms with van der Waals surface area (Å²) in [5, 5.41) is 33.9. The maximum atomic E-state index is 12.8. The van der Waals surface area contributed by atoms with Crippen LogP contribution in [0.2, 0.25) is 0 Å². The largest absolute Gasteiger partial charge is 0.481 e. The van der Waals surface area contributed by atoms with Crippen molar-refractivity contribution in [1.29, 1.82) is 0 Å². The topological polar surface area (TPSA) is 225 Å². The van der Waals surface area contributed by atoms with Crippen LogP contribution in [0.25, 0.3) is 0 Å². The Kier molecular flexibility index (Phi) is 12.7. The predicted molar refractivity (Wildman–Crippen MR) is 115 cm³/mol. The van der Waals surface area contributed by atoms with E-state index in [1.807, 2.05) is 0 Å². The van der Waals surface area contributed by atoms with Crippen LogP contribution in [0.5, 0.6) is 0 Å². The molecule has 0 rings (SSSR count). The highest BCUT2D eigenvalue weighted by Gasteiger charge is 2.32. The van der Waals surface area contributed by atoms with Gasteiger partial charge in [-0.25, -0.2) is 4.79 Å². The predicted octanol–water partition coefficient (Wildman–Crippen LogP) is -1.11. The molecule has 0 heterocycles. The number of hydrogen-bond donors (Lipinski definition) is 7. The van der Waals surface area contributed by atoms with E-state index < -0.39 is 78.6 Å². The number of amides is 3. The first-order valence-corrected chi connectivity index (χ1v) is 10.5. The molecule has 0 aromatic heterocycles. The van der Waals surface area contributed by atoms with E-state index in [-0.39, 0.29) is 18.8 Å². The van der Waals surface area contributed by atoms with Crippen molar-refractivity contribution in [1.82, 2.24) is 16.0 Å². The Bertz CT molecular complexity index is 739. The molecule has 0 fully saturated rings. The lowest BCUT2D eigenvalue weighted by atomic mass is 10.0. The fourth-order valence-electron chi connectivity index (χ4n) is 2.68. The van der Waals surface area contributed by atoms with E-state index >= 15 is 0 Å². The van der Waals surface area contributed by atoms with Crippen LogP contribution in [-0.4, -0.2) is 75.1 Å². The van der Waals surface area contributed by atoms with Crippen molar-refractivity contribution in [3.63, 3.8) is 0 Å². The molecule has 0 bridgehead atoms. The smallest absolute Gasteiger partial charge is 0.326 e. The minimum atomic E-state index is -1.49. The summed E-state index contributed by atoms with van der Waals surface area (Å²) < 4.78 is 0. The highest BCUT2D eigenvalue weighted by atomic mass is 16.4. The van der Waals surface area contributed by atoms with E-state index in [0.717, 1.165) is 0 Å². The highest BCUT2D eigenvalue weighted by molar-refractivity contribution is 5.94. The lowest BCUT2D eigenvalue weighted by Crippen LogP contribution is -2.58. The minimum Gasteiger partial charge on any atom is -0.481 e. The third-order valence-electron chi connectivity index (χ3n) is 4.81. The van der Waals surface area contributed by atoms with Crippen LogP contribution < -0.4 is 21.7 Å². The van der Waals surface area contributed by atoms with Crippen LogP contribution in [0.15, 0.2) is 0 Å². The van der Waals surface area contributed by atoms with E-state index in [1.165, 1.54) is 0 Å². The summed E-state index contributed by atoms with van der Waals surface area (Å²) >= 11 is 0. The summed E-state index contributed by atoms with van der Waals surface area (Å²) in [6, 6.07) is -4.96. The molecule has 4 atom stereocenters. The first-order valence-electron chi connectivity index (χ1n) is 10.5. The number of hydrogen-bond acceptors (Lipinski definition) is 7. The highest BCUT2D eigenvalue weighted by Crippen LogP contribution is 2.08. The first-order chi connectivity index (χ1) is 15.2. The molecule has 0 aliphatic heterocycles. The fourth-order valence-corrected chi connectivity index (χ4v) is 2.68. The van der Waals surface area contributed by atoms with Crippen molar-refractivity contribution in [3.8, 4) is 0 Å². The second kappa shape index (κ2) is 14.0. The van der Waals surface area contributed by atoms with Crippen molar-refractivity contribution in [2.24, 2.45) is 17.6 Å². The van der Waals surface area contributed by atoms with Crippen LogP contribution in [0.1, 0.15) is 53.4 Å². The lowest BCUT2D eigenvalue weighted by molar-refractivity contribution is -0.143. The Labute approximate surface area is 191 Å². The quantitative estimate of drug-likeness (QED) is 0.151. The Morgan fingerprint density at radius 2 is 1.12 bits per heavy atom. The molecular weight excluding hydrogens is 440 g/mol. The normalized spacial score (nSPS) is 14.6. The maximum absolute atomic E-state index is 12.8. The molecule has 13 nitrogen and oxygen atoms in total. The molecule has 0 saturated carbocycles. The summed E-state index contributed by atoms with van der Waals surface area (Å²) in [4.78, 5) is 70.8. The van der Waals surface area contributed by atoms with Crippen LogP contribution in [0.4, 0.5) is 0 Å². The zero-order valence-electron chi connectivity index (χ0n) is 19.2. The Hall–Kier alpha value is -3.22. The van der Waals surface area contributed by atoms with E-state index in [1.54, 1.807) is 27.7 Å². The second-order valence-electron chi connectivity index (χ2n) is 8.33. The summed E-state index contributed by atoms with van der Waals surface area (Å²) in [5.41, 5.74) is 5.77. The van der Waals surface area contributed by atoms with Crippen LogP contribution in [0, 0.1) is 11.8 Å². The van der Waals surface area contributed by atoms with Crippen molar-refractivity contribution in [2.45, 2.75) is 77.5 Å². The van der Waals surface area contributed by atoms with Gasteiger partial charge in [0, 0.05) is 12.8 Å². The minimum absolute atomic E-state index is 0.249. The summed E-state index contributed by atoms with van der Waals surface area (Å²) in [7, 11) is 0. The van der Waals surface area contributed by atoms with E-state index in [2.05, 4.69) is 16.0 Å². The van der Waals surface area contributed by atoms with Gasteiger partial charge in [-0.15, -0.1) is 0 Å². The number of rotatable bonds is 15. The third kappa shape index (κ3) is 11.3. The van der Waals surface area contributed by atoms with Gasteiger partial charge in [-0.1, -0.05) is 27.7 Å². The van der Waals surface area contributed by atoms with Crippen molar-refractivity contribution < 1.29 is 44.1 Å². The number of carbonyl (C=O) groups excluding carboxylic acids is 3. The first kappa shape index (κ1) is 29.8. The molecule has 0 saturated heterocycles. The standard InChI is InChI=1S/C20H34N4O9/c1-9(2)15(21)18(30)22-11(5-7-13(25)26)17(29)24-16(10(3)4)19(31)23-12(20(32)33)6-8-14(27)28/h9-12,15-16H,5-8,21H2,1-4H3,(H,22,30)(H,23,31)(H,24,29)(H,25,26)(H,27,28)(H,32,33). The molecule has 8 N–H and O–H groups in total. The van der Waals surface area contributed by atoms with Gasteiger partial charge in [0.1, 0.15) is 18.1 Å². The number of carboxylic acids is 3. The zero-order chi connectivity index (χ0) is 25.9. The van der Waals surface area contributed by atoms with E-state index in [9.17, 15) is 33.9 Å². The molecule has 0 aromatic rings. The SMILES string of the molecule is CC(C)C(N)C(=O)NC(CCC(=O)O)C(=O)NC(C(=O)NC(CCC(=O)O)C(=O)O)C(C)C. The Morgan fingerprint density at radius 1 is 0.667 bits per heavy atom. The van der Waals surface area contributed by atoms with E-state index in [0.29, 0.717) is 0 Å². The van der Waals surface area contributed by atoms with Gasteiger partial charge in [-0.05, 0) is 24.7 Å². The number of nitrogens with two attached hydrogens (primary N) is 1. The molecule has 4 unspecified atom stereocenters. The van der Waals surface area contributed by atoms with Gasteiger partial charge in [0.2, 0.25) is 17.7 Å². The van der Waals surface area contributed by atoms with Crippen LogP contribution >= 0.6 is 0 Å². The van der Waals surface area contributed by atoms with Crippen LogP contribution in [0.3, 0.4) is 0 Å². The van der Waals surface area contributed by atoms with Crippen molar-refractivity contribution >= 4 is 35.6 Å². The number of carbonyl (C=O) groups is 6. The van der Waals surface area contributed by atoms with Gasteiger partial charge in [-0.3, -0.25) is 24.0 Å². The summed E-state index contributed by atoms with van der Waals surface area (Å²) in [6.45, 7) is 6.55. The monoisotopic (exact) mass is 474 g/mol. The number of nitrogens with one attached hydrogen (secondary N) is 3. The average molecular weight is 475 g/mol. The molecule has 13 heteroatoms. The third-order valence-corrected chi connectivity index (χ3v) is 4.81. The Morgan fingerprint density at radius 3 is 1.52 bits per heavy atom. The van der Waals surface area contributed by atoms with Crippen molar-refractivity contribution in [3.05, 3.63) is 0 Å². The molecule has 0 aliphatic rings. The second-order valence-corrected chi connectivity index (χ2v) is 8.33. The van der Waals surface area contributed by atoms with Gasteiger partial charge >= 0.3 is 17.9 Å². The molecule has 0 aliphatic carbocycles. The van der Waals surface area contributed by atoms with Gasteiger partial charge in [0.25, 0.3) is 0 Å². The number of carboxylic acid groups (broad SMARTS) is 3. The summed E-state index contributed by atoms with van der Waals surface area (Å²) in [5.74, 6) is -7.01. The van der Waals surface area contributed by atoms with Gasteiger partial charge in [0.15, 0.2) is 0 Å². The van der Waals surface area contributed by atoms with Gasteiger partial charge < -0.3 is 37.0 Å². The zero-order valence-corrected chi connectivity index (χ0v) is 19.2. The Balaban J connectivity index is 5.49. The molecule has 0 radical (unpaired) electrons. The van der Waals surface area contributed by atoms with Crippen molar-refractivity contribution in [2.75, 3.05) is 0 Å². The molecule has 3 amide bonds. The van der Waals surface area contributed by atoms with E-state index in [4.69, 9.17) is 15.9 Å². The molecule has 0 spiro atoms. The number of aliphatic carboxylic acids is 3. The molecule has 0 aromatic carbocycles. The van der Waals surface area contributed by atoms with Gasteiger partial charge in [-0.2, -0.15) is 0 Å². The maximum Gasteiger partial charge on any atom is 0.326 e. The molecule has 188 valence electrons. The van der Waals surface area contributed by atoms with Crippen LogP contribution in [-0.2, 0) is 28.8 Å². The van der Waals surface area contributed by atoms with Gasteiger partial charge in [0.05, 0.1) is 6.04 Å².